The number of hydrogen-bond donors (Lipinski definition) is 3. The van der Waals surface area contributed by atoms with Crippen LogP contribution in [0.3, 0.4) is 0 Å². The highest BCUT2D eigenvalue weighted by Crippen LogP contribution is 2.29. The normalized spacial score (nSPS) is 10.7. The van der Waals surface area contributed by atoms with E-state index >= 15 is 0 Å². The van der Waals surface area contributed by atoms with Crippen molar-refractivity contribution in [1.29, 1.82) is 0 Å². The van der Waals surface area contributed by atoms with Crippen molar-refractivity contribution >= 4 is 33.9 Å². The molecule has 0 bridgehead atoms. The first-order valence-electron chi connectivity index (χ1n) is 7.73. The second-order valence-corrected chi connectivity index (χ2v) is 5.26. The summed E-state index contributed by atoms with van der Waals surface area (Å²) in [5.41, 5.74) is 8.48. The summed E-state index contributed by atoms with van der Waals surface area (Å²) in [6.45, 7) is 1.42. The van der Waals surface area contributed by atoms with Crippen molar-refractivity contribution in [2.45, 2.75) is 6.42 Å². The fourth-order valence-corrected chi connectivity index (χ4v) is 2.40. The van der Waals surface area contributed by atoms with Crippen LogP contribution in [-0.2, 0) is 4.74 Å². The Bertz CT molecular complexity index is 818. The summed E-state index contributed by atoms with van der Waals surface area (Å²) >= 11 is 0. The summed E-state index contributed by atoms with van der Waals surface area (Å²) in [6, 6.07) is 9.79. The molecule has 0 fully saturated rings. The fourth-order valence-electron chi connectivity index (χ4n) is 2.40. The number of nitrogen functional groups attached to an aromatic ring is 1. The van der Waals surface area contributed by atoms with Gasteiger partial charge in [-0.2, -0.15) is 0 Å². The summed E-state index contributed by atoms with van der Waals surface area (Å²) in [5, 5.41) is 7.49. The van der Waals surface area contributed by atoms with E-state index in [1.165, 1.54) is 6.33 Å². The molecule has 2 aromatic heterocycles. The number of nitrogens with one attached hydrogen (secondary N) is 2. The number of methoxy groups -OCH3 is 1. The zero-order chi connectivity index (χ0) is 16.8. The molecule has 2 heterocycles. The van der Waals surface area contributed by atoms with Crippen molar-refractivity contribution in [3.63, 3.8) is 0 Å². The molecule has 0 unspecified atom stereocenters. The minimum atomic E-state index is 0.482. The maximum absolute atomic E-state index is 6.19. The van der Waals surface area contributed by atoms with Gasteiger partial charge in [-0.3, -0.25) is 4.98 Å². The Balaban J connectivity index is 1.82. The molecule has 7 nitrogen and oxygen atoms in total. The van der Waals surface area contributed by atoms with Gasteiger partial charge in [0, 0.05) is 37.5 Å². The lowest BCUT2D eigenvalue weighted by molar-refractivity contribution is 0.198. The molecule has 0 saturated carbocycles. The van der Waals surface area contributed by atoms with E-state index in [0.29, 0.717) is 23.9 Å². The Morgan fingerprint density at radius 3 is 2.83 bits per heavy atom. The molecule has 0 atom stereocenters. The Morgan fingerprint density at radius 2 is 1.96 bits per heavy atom. The molecular weight excluding hydrogens is 304 g/mol. The number of nitrogens with two attached hydrogens (primary N) is 1. The maximum Gasteiger partial charge on any atom is 0.159 e. The lowest BCUT2D eigenvalue weighted by atomic mass is 10.2. The molecule has 0 aliphatic rings. The highest BCUT2D eigenvalue weighted by Gasteiger charge is 2.09. The van der Waals surface area contributed by atoms with Crippen molar-refractivity contribution in [3.05, 3.63) is 42.9 Å². The van der Waals surface area contributed by atoms with Crippen LogP contribution >= 0.6 is 0 Å². The van der Waals surface area contributed by atoms with Crippen LogP contribution in [-0.4, -0.2) is 35.2 Å². The lowest BCUT2D eigenvalue weighted by Crippen LogP contribution is -2.10. The molecule has 24 heavy (non-hydrogen) atoms. The summed E-state index contributed by atoms with van der Waals surface area (Å²) in [7, 11) is 1.68. The van der Waals surface area contributed by atoms with Gasteiger partial charge in [0.2, 0.25) is 0 Å². The molecular formula is C17H20N6O. The molecule has 0 aliphatic heterocycles. The molecule has 0 spiro atoms. The monoisotopic (exact) mass is 324 g/mol. The van der Waals surface area contributed by atoms with E-state index in [4.69, 9.17) is 10.5 Å². The molecule has 0 saturated heterocycles. The molecule has 3 aromatic rings. The second-order valence-electron chi connectivity index (χ2n) is 5.26. The van der Waals surface area contributed by atoms with Crippen LogP contribution in [0.4, 0.5) is 23.0 Å². The predicted molar refractivity (Wildman–Crippen MR) is 96.5 cm³/mol. The van der Waals surface area contributed by atoms with Crippen LogP contribution in [0.15, 0.2) is 42.9 Å². The predicted octanol–water partition coefficient (Wildman–Crippen LogP) is 2.80. The van der Waals surface area contributed by atoms with Crippen molar-refractivity contribution in [2.75, 3.05) is 36.6 Å². The average molecular weight is 324 g/mol. The molecule has 0 amide bonds. The number of anilines is 4. The van der Waals surface area contributed by atoms with Gasteiger partial charge < -0.3 is 21.1 Å². The first-order chi connectivity index (χ1) is 11.8. The third-order valence-corrected chi connectivity index (χ3v) is 3.60. The standard InChI is InChI=1S/C17H20N6O/c1-24-10-4-9-20-16-15(18)17(22-11-21-16)23-14-7-2-6-13-12(14)5-3-8-19-13/h2-3,5-8,11H,4,9-10,18H2,1H3,(H2,20,21,22,23). The van der Waals surface area contributed by atoms with Gasteiger partial charge >= 0.3 is 0 Å². The van der Waals surface area contributed by atoms with Gasteiger partial charge in [-0.15, -0.1) is 0 Å². The number of hydrogen-bond acceptors (Lipinski definition) is 7. The fraction of sp³-hybridized carbons (Fsp3) is 0.235. The topological polar surface area (TPSA) is 98.0 Å². The summed E-state index contributed by atoms with van der Waals surface area (Å²) in [5.74, 6) is 1.18. The molecule has 0 radical (unpaired) electrons. The Morgan fingerprint density at radius 1 is 1.08 bits per heavy atom. The van der Waals surface area contributed by atoms with E-state index in [1.807, 2.05) is 30.3 Å². The van der Waals surface area contributed by atoms with Gasteiger partial charge in [0.1, 0.15) is 12.0 Å². The summed E-state index contributed by atoms with van der Waals surface area (Å²) < 4.78 is 5.03. The van der Waals surface area contributed by atoms with Crippen LogP contribution in [0.1, 0.15) is 6.42 Å². The van der Waals surface area contributed by atoms with E-state index in [9.17, 15) is 0 Å². The largest absolute Gasteiger partial charge is 0.393 e. The second kappa shape index (κ2) is 7.56. The number of benzene rings is 1. The molecule has 0 aliphatic carbocycles. The van der Waals surface area contributed by atoms with Crippen molar-refractivity contribution in [1.82, 2.24) is 15.0 Å². The number of pyridine rings is 1. The van der Waals surface area contributed by atoms with Crippen LogP contribution in [0.2, 0.25) is 0 Å². The number of nitrogens with zero attached hydrogens (tertiary/aromatic N) is 3. The van der Waals surface area contributed by atoms with Crippen molar-refractivity contribution in [3.8, 4) is 0 Å². The van der Waals surface area contributed by atoms with Crippen LogP contribution in [0.25, 0.3) is 10.9 Å². The van der Waals surface area contributed by atoms with E-state index in [1.54, 1.807) is 13.3 Å². The van der Waals surface area contributed by atoms with E-state index < -0.39 is 0 Å². The van der Waals surface area contributed by atoms with Crippen molar-refractivity contribution < 1.29 is 4.74 Å². The molecule has 7 heteroatoms. The molecule has 1 aromatic carbocycles. The highest BCUT2D eigenvalue weighted by molar-refractivity contribution is 5.94. The molecule has 124 valence electrons. The molecule has 4 N–H and O–H groups in total. The van der Waals surface area contributed by atoms with Crippen LogP contribution < -0.4 is 16.4 Å². The van der Waals surface area contributed by atoms with E-state index in [2.05, 4.69) is 25.6 Å². The third kappa shape index (κ3) is 3.52. The van der Waals surface area contributed by atoms with Crippen molar-refractivity contribution in [2.24, 2.45) is 0 Å². The van der Waals surface area contributed by atoms with Gasteiger partial charge in [0.25, 0.3) is 0 Å². The lowest BCUT2D eigenvalue weighted by Gasteiger charge is -2.13. The number of aromatic nitrogens is 3. The minimum Gasteiger partial charge on any atom is -0.393 e. The maximum atomic E-state index is 6.19. The number of rotatable bonds is 7. The Kier molecular flexibility index (Phi) is 5.02. The molecule has 3 rings (SSSR count). The Labute approximate surface area is 140 Å². The first kappa shape index (κ1) is 15.9. The first-order valence-corrected chi connectivity index (χ1v) is 7.73. The van der Waals surface area contributed by atoms with E-state index in [-0.39, 0.29) is 0 Å². The zero-order valence-electron chi connectivity index (χ0n) is 13.5. The SMILES string of the molecule is COCCCNc1ncnc(Nc2cccc3ncccc23)c1N. The Hall–Kier alpha value is -2.93. The van der Waals surface area contributed by atoms with Gasteiger partial charge in [0.15, 0.2) is 11.6 Å². The number of fused-ring (bicyclic) bond motifs is 1. The highest BCUT2D eigenvalue weighted by atomic mass is 16.5. The quantitative estimate of drug-likeness (QED) is 0.575. The average Bonchev–Trinajstić information content (AvgIpc) is 2.62. The van der Waals surface area contributed by atoms with Gasteiger partial charge in [0.05, 0.1) is 5.52 Å². The zero-order valence-corrected chi connectivity index (χ0v) is 13.5. The van der Waals surface area contributed by atoms with Crippen LogP contribution in [0, 0.1) is 0 Å². The van der Waals surface area contributed by atoms with Gasteiger partial charge in [-0.05, 0) is 30.7 Å². The minimum absolute atomic E-state index is 0.482. The third-order valence-electron chi connectivity index (χ3n) is 3.60. The van der Waals surface area contributed by atoms with E-state index in [0.717, 1.165) is 29.6 Å². The van der Waals surface area contributed by atoms with Gasteiger partial charge in [-0.1, -0.05) is 6.07 Å². The summed E-state index contributed by atoms with van der Waals surface area (Å²) in [6.07, 6.45) is 4.13. The number of ether oxygens (including phenoxy) is 1. The van der Waals surface area contributed by atoms with Gasteiger partial charge in [-0.25, -0.2) is 9.97 Å². The summed E-state index contributed by atoms with van der Waals surface area (Å²) in [4.78, 5) is 12.8. The smallest absolute Gasteiger partial charge is 0.159 e. The van der Waals surface area contributed by atoms with Crippen LogP contribution in [0.5, 0.6) is 0 Å².